The van der Waals surface area contributed by atoms with Crippen molar-refractivity contribution in [1.82, 2.24) is 10.6 Å². The van der Waals surface area contributed by atoms with Crippen LogP contribution in [0, 0.1) is 0 Å². The number of carbonyl (C=O) groups excluding carboxylic acids is 3. The molecule has 0 aliphatic carbocycles. The molecule has 0 aromatic heterocycles. The Bertz CT molecular complexity index is 793. The van der Waals surface area contributed by atoms with Gasteiger partial charge in [0.15, 0.2) is 0 Å². The molecule has 2 amide bonds. The maximum absolute atomic E-state index is 12.3. The monoisotopic (exact) mass is 382 g/mol. The fourth-order valence-electron chi connectivity index (χ4n) is 2.63. The van der Waals surface area contributed by atoms with Gasteiger partial charge in [0.25, 0.3) is 0 Å². The van der Waals surface area contributed by atoms with Crippen molar-refractivity contribution in [2.45, 2.75) is 37.9 Å². The fourth-order valence-corrected chi connectivity index (χ4v) is 2.63. The van der Waals surface area contributed by atoms with Crippen LogP contribution in [0.1, 0.15) is 18.1 Å². The van der Waals surface area contributed by atoms with Crippen LogP contribution < -0.4 is 16.4 Å². The van der Waals surface area contributed by atoms with Gasteiger partial charge in [-0.2, -0.15) is 0 Å². The number of nitrogens with two attached hydrogens (primary N) is 1. The molecular formula is C21H24N3O4. The van der Waals surface area contributed by atoms with E-state index in [0.29, 0.717) is 6.42 Å². The molecule has 0 heterocycles. The molecule has 0 fully saturated rings. The van der Waals surface area contributed by atoms with Gasteiger partial charge in [0.05, 0.1) is 12.1 Å². The highest BCUT2D eigenvalue weighted by Crippen LogP contribution is 2.11. The molecule has 2 aromatic rings. The van der Waals surface area contributed by atoms with E-state index >= 15 is 0 Å². The van der Waals surface area contributed by atoms with Crippen LogP contribution >= 0.6 is 0 Å². The van der Waals surface area contributed by atoms with Gasteiger partial charge in [-0.15, -0.1) is 0 Å². The van der Waals surface area contributed by atoms with Crippen LogP contribution in [0.5, 0.6) is 5.75 Å². The van der Waals surface area contributed by atoms with Crippen LogP contribution in [0.2, 0.25) is 0 Å². The lowest BCUT2D eigenvalue weighted by Gasteiger charge is -2.19. The number of benzene rings is 2. The number of aromatic hydroxyl groups is 1. The summed E-state index contributed by atoms with van der Waals surface area (Å²) in [4.78, 5) is 35.7. The molecule has 3 atom stereocenters. The minimum atomic E-state index is -0.856. The molecule has 5 N–H and O–H groups in total. The third kappa shape index (κ3) is 6.51. The number of hydrogen-bond acceptors (Lipinski definition) is 5. The van der Waals surface area contributed by atoms with Crippen LogP contribution in [0.25, 0.3) is 0 Å². The summed E-state index contributed by atoms with van der Waals surface area (Å²) in [6.45, 7) is 1.52. The molecule has 0 bridgehead atoms. The number of phenols is 1. The average Bonchev–Trinajstić information content (AvgIpc) is 2.69. The van der Waals surface area contributed by atoms with Crippen LogP contribution in [0.4, 0.5) is 0 Å². The molecule has 28 heavy (non-hydrogen) atoms. The second-order valence-corrected chi connectivity index (χ2v) is 6.58. The molecule has 2 aromatic carbocycles. The van der Waals surface area contributed by atoms with Gasteiger partial charge in [-0.3, -0.25) is 14.4 Å². The van der Waals surface area contributed by atoms with Gasteiger partial charge < -0.3 is 21.5 Å². The van der Waals surface area contributed by atoms with Crippen LogP contribution in [-0.2, 0) is 27.2 Å². The quantitative estimate of drug-likeness (QED) is 0.506. The lowest BCUT2D eigenvalue weighted by Crippen LogP contribution is -2.53. The van der Waals surface area contributed by atoms with Gasteiger partial charge in [-0.25, -0.2) is 0 Å². The van der Waals surface area contributed by atoms with Crippen molar-refractivity contribution in [3.8, 4) is 5.75 Å². The van der Waals surface area contributed by atoms with Crippen molar-refractivity contribution >= 4 is 18.1 Å². The smallest absolute Gasteiger partial charge is 0.242 e. The van der Waals surface area contributed by atoms with Crippen LogP contribution in [-0.4, -0.2) is 41.3 Å². The molecule has 0 aliphatic heterocycles. The largest absolute Gasteiger partial charge is 0.508 e. The third-order valence-corrected chi connectivity index (χ3v) is 4.22. The molecular weight excluding hydrogens is 358 g/mol. The predicted octanol–water partition coefficient (Wildman–Crippen LogP) is 0.604. The topological polar surface area (TPSA) is 122 Å². The molecule has 0 saturated carbocycles. The van der Waals surface area contributed by atoms with Crippen molar-refractivity contribution in [3.05, 3.63) is 65.7 Å². The van der Waals surface area contributed by atoms with E-state index in [-0.39, 0.29) is 12.2 Å². The zero-order valence-electron chi connectivity index (χ0n) is 15.6. The van der Waals surface area contributed by atoms with E-state index in [1.54, 1.807) is 12.1 Å². The highest BCUT2D eigenvalue weighted by molar-refractivity contribution is 5.90. The Hall–Kier alpha value is -3.19. The first kappa shape index (κ1) is 21.1. The molecule has 7 nitrogen and oxygen atoms in total. The summed E-state index contributed by atoms with van der Waals surface area (Å²) in [5.74, 6) is -0.844. The second-order valence-electron chi connectivity index (χ2n) is 6.58. The van der Waals surface area contributed by atoms with Crippen molar-refractivity contribution in [1.29, 1.82) is 0 Å². The van der Waals surface area contributed by atoms with Crippen molar-refractivity contribution < 1.29 is 19.5 Å². The first-order valence-electron chi connectivity index (χ1n) is 8.95. The fraction of sp³-hybridized carbons (Fsp3) is 0.286. The Kier molecular flexibility index (Phi) is 7.71. The third-order valence-electron chi connectivity index (χ3n) is 4.22. The normalized spacial score (nSPS) is 13.8. The standard InChI is InChI=1S/C21H24N3O4/c1-14(20(27)24-17(13-25)11-15-5-3-2-4-6-15)23-21(28)19(22)12-16-7-9-18(26)10-8-16/h2-10,14,17,19,26H,11-12,22H2,1H3,(H,23,28)(H,24,27)/t14-,17+,19+/m1/s1. The summed E-state index contributed by atoms with van der Waals surface area (Å²) in [5, 5.41) is 14.4. The zero-order chi connectivity index (χ0) is 20.5. The van der Waals surface area contributed by atoms with Crippen LogP contribution in [0.15, 0.2) is 54.6 Å². The van der Waals surface area contributed by atoms with E-state index in [4.69, 9.17) is 5.73 Å². The summed E-state index contributed by atoms with van der Waals surface area (Å²) < 4.78 is 0. The lowest BCUT2D eigenvalue weighted by atomic mass is 10.1. The Morgan fingerprint density at radius 2 is 1.57 bits per heavy atom. The molecule has 1 radical (unpaired) electrons. The SMILES string of the molecule is C[C@@H](NC(=O)[C@@H](N)Cc1ccc(O)cc1)C(=O)N[C@H]([C]=O)Cc1ccccc1. The van der Waals surface area contributed by atoms with Gasteiger partial charge in [0.1, 0.15) is 11.8 Å². The van der Waals surface area contributed by atoms with Crippen LogP contribution in [0.3, 0.4) is 0 Å². The lowest BCUT2D eigenvalue weighted by molar-refractivity contribution is -0.129. The zero-order valence-corrected chi connectivity index (χ0v) is 15.6. The number of amides is 2. The van der Waals surface area contributed by atoms with Crippen molar-refractivity contribution in [2.75, 3.05) is 0 Å². The highest BCUT2D eigenvalue weighted by Gasteiger charge is 2.22. The van der Waals surface area contributed by atoms with Gasteiger partial charge in [0, 0.05) is 6.42 Å². The maximum Gasteiger partial charge on any atom is 0.242 e. The molecule has 0 unspecified atom stereocenters. The maximum atomic E-state index is 12.3. The summed E-state index contributed by atoms with van der Waals surface area (Å²) in [6, 6.07) is 13.1. The summed E-state index contributed by atoms with van der Waals surface area (Å²) >= 11 is 0. The number of phenolic OH excluding ortho intramolecular Hbond substituents is 1. The molecule has 2 rings (SSSR count). The molecule has 0 aliphatic rings. The van der Waals surface area contributed by atoms with E-state index in [0.717, 1.165) is 11.1 Å². The molecule has 0 saturated heterocycles. The number of carbonyl (C=O) groups is 2. The molecule has 0 spiro atoms. The number of nitrogens with one attached hydrogen (secondary N) is 2. The van der Waals surface area contributed by atoms with E-state index in [1.165, 1.54) is 19.1 Å². The first-order chi connectivity index (χ1) is 13.4. The Morgan fingerprint density at radius 1 is 0.964 bits per heavy atom. The van der Waals surface area contributed by atoms with E-state index < -0.39 is 29.9 Å². The first-order valence-corrected chi connectivity index (χ1v) is 8.95. The van der Waals surface area contributed by atoms with Crippen molar-refractivity contribution in [3.63, 3.8) is 0 Å². The van der Waals surface area contributed by atoms with Gasteiger partial charge >= 0.3 is 0 Å². The predicted molar refractivity (Wildman–Crippen MR) is 105 cm³/mol. The Morgan fingerprint density at radius 3 is 2.18 bits per heavy atom. The summed E-state index contributed by atoms with van der Waals surface area (Å²) in [7, 11) is 0. The second kappa shape index (κ2) is 10.2. The number of hydrogen-bond donors (Lipinski definition) is 4. The summed E-state index contributed by atoms with van der Waals surface area (Å²) in [6.07, 6.45) is 2.39. The van der Waals surface area contributed by atoms with E-state index in [1.807, 2.05) is 36.6 Å². The Balaban J connectivity index is 1.85. The minimum Gasteiger partial charge on any atom is -0.508 e. The van der Waals surface area contributed by atoms with E-state index in [2.05, 4.69) is 10.6 Å². The number of rotatable bonds is 9. The average molecular weight is 382 g/mol. The minimum absolute atomic E-state index is 0.129. The highest BCUT2D eigenvalue weighted by atomic mass is 16.3. The Labute approximate surface area is 163 Å². The summed E-state index contributed by atoms with van der Waals surface area (Å²) in [5.41, 5.74) is 7.58. The van der Waals surface area contributed by atoms with Gasteiger partial charge in [0.2, 0.25) is 18.1 Å². The van der Waals surface area contributed by atoms with Gasteiger partial charge in [-0.1, -0.05) is 42.5 Å². The van der Waals surface area contributed by atoms with Gasteiger partial charge in [-0.05, 0) is 36.6 Å². The molecule has 147 valence electrons. The molecule has 7 heteroatoms. The van der Waals surface area contributed by atoms with Crippen molar-refractivity contribution in [2.24, 2.45) is 5.73 Å². The van der Waals surface area contributed by atoms with E-state index in [9.17, 15) is 19.5 Å².